The van der Waals surface area contributed by atoms with Crippen molar-refractivity contribution in [2.24, 2.45) is 0 Å². The first kappa shape index (κ1) is 10.2. The van der Waals surface area contributed by atoms with Gasteiger partial charge in [-0.3, -0.25) is 0 Å². The van der Waals surface area contributed by atoms with Crippen LogP contribution in [0.5, 0.6) is 0 Å². The Morgan fingerprint density at radius 1 is 1.29 bits per heavy atom. The molecule has 14 heavy (non-hydrogen) atoms. The zero-order valence-corrected chi connectivity index (χ0v) is 9.57. The van der Waals surface area contributed by atoms with Gasteiger partial charge in [-0.2, -0.15) is 0 Å². The third-order valence-electron chi connectivity index (χ3n) is 2.61. The summed E-state index contributed by atoms with van der Waals surface area (Å²) in [5.74, 6) is 0. The number of nitrogen functional groups attached to an aromatic ring is 1. The van der Waals surface area contributed by atoms with E-state index in [0.717, 1.165) is 15.8 Å². The number of halogens is 1. The van der Waals surface area contributed by atoms with Crippen LogP contribution >= 0.6 is 23.4 Å². The molecule has 0 aliphatic heterocycles. The molecule has 0 unspecified atom stereocenters. The molecule has 0 bridgehead atoms. The van der Waals surface area contributed by atoms with Crippen molar-refractivity contribution in [3.05, 3.63) is 23.2 Å². The molecule has 1 nitrogen and oxygen atoms in total. The summed E-state index contributed by atoms with van der Waals surface area (Å²) in [6.07, 6.45) is 5.35. The summed E-state index contributed by atoms with van der Waals surface area (Å²) in [4.78, 5) is 1.14. The number of hydrogen-bond donors (Lipinski definition) is 1. The number of anilines is 1. The predicted molar refractivity (Wildman–Crippen MR) is 64.0 cm³/mol. The Labute approximate surface area is 94.0 Å². The first-order valence-electron chi connectivity index (χ1n) is 4.98. The second-order valence-corrected chi connectivity index (χ2v) is 5.43. The van der Waals surface area contributed by atoms with E-state index in [9.17, 15) is 0 Å². The molecule has 1 aliphatic carbocycles. The van der Waals surface area contributed by atoms with Crippen molar-refractivity contribution in [3.8, 4) is 0 Å². The maximum Gasteiger partial charge on any atom is 0.0646 e. The van der Waals surface area contributed by atoms with E-state index in [4.69, 9.17) is 17.3 Å². The number of para-hydroxylation sites is 1. The van der Waals surface area contributed by atoms with E-state index in [0.29, 0.717) is 5.02 Å². The monoisotopic (exact) mass is 227 g/mol. The second-order valence-electron chi connectivity index (χ2n) is 3.68. The van der Waals surface area contributed by atoms with Crippen LogP contribution in [0.1, 0.15) is 25.7 Å². The van der Waals surface area contributed by atoms with E-state index in [-0.39, 0.29) is 0 Å². The highest BCUT2D eigenvalue weighted by molar-refractivity contribution is 8.00. The molecule has 76 valence electrons. The lowest BCUT2D eigenvalue weighted by Crippen LogP contribution is -1.96. The minimum atomic E-state index is 0.674. The summed E-state index contributed by atoms with van der Waals surface area (Å²) in [6.45, 7) is 0. The topological polar surface area (TPSA) is 26.0 Å². The molecule has 0 atom stereocenters. The zero-order valence-electron chi connectivity index (χ0n) is 8.00. The smallest absolute Gasteiger partial charge is 0.0646 e. The van der Waals surface area contributed by atoms with Crippen LogP contribution in [-0.2, 0) is 0 Å². The molecule has 0 heterocycles. The van der Waals surface area contributed by atoms with Gasteiger partial charge in [0.05, 0.1) is 10.7 Å². The Hall–Kier alpha value is -0.340. The van der Waals surface area contributed by atoms with Crippen LogP contribution < -0.4 is 5.73 Å². The molecule has 3 heteroatoms. The highest BCUT2D eigenvalue weighted by Crippen LogP contribution is 2.39. The summed E-state index contributed by atoms with van der Waals surface area (Å²) < 4.78 is 0. The molecular formula is C11H14ClNS. The summed E-state index contributed by atoms with van der Waals surface area (Å²) >= 11 is 7.84. The molecule has 0 aromatic heterocycles. The predicted octanol–water partition coefficient (Wildman–Crippen LogP) is 3.96. The van der Waals surface area contributed by atoms with Crippen molar-refractivity contribution in [3.63, 3.8) is 0 Å². The van der Waals surface area contributed by atoms with E-state index < -0.39 is 0 Å². The van der Waals surface area contributed by atoms with Crippen LogP contribution in [0, 0.1) is 0 Å². The molecule has 0 saturated heterocycles. The normalized spacial score (nSPS) is 17.5. The van der Waals surface area contributed by atoms with E-state index in [1.54, 1.807) is 0 Å². The third-order valence-corrected chi connectivity index (χ3v) is 4.35. The highest BCUT2D eigenvalue weighted by Gasteiger charge is 2.17. The molecular weight excluding hydrogens is 214 g/mol. The Bertz CT molecular complexity index is 321. The molecule has 0 amide bonds. The van der Waals surface area contributed by atoms with Gasteiger partial charge in [-0.25, -0.2) is 0 Å². The van der Waals surface area contributed by atoms with Crippen LogP contribution in [-0.4, -0.2) is 5.25 Å². The third kappa shape index (κ3) is 2.18. The molecule has 1 fully saturated rings. The van der Waals surface area contributed by atoms with Gasteiger partial charge in [-0.05, 0) is 25.0 Å². The maximum atomic E-state index is 5.96. The van der Waals surface area contributed by atoms with E-state index >= 15 is 0 Å². The molecule has 2 N–H and O–H groups in total. The first-order chi connectivity index (χ1) is 6.77. The molecule has 1 aliphatic rings. The van der Waals surface area contributed by atoms with E-state index in [2.05, 4.69) is 6.07 Å². The lowest BCUT2D eigenvalue weighted by atomic mass is 10.3. The summed E-state index contributed by atoms with van der Waals surface area (Å²) in [6, 6.07) is 5.87. The average Bonchev–Trinajstić information content (AvgIpc) is 2.66. The Kier molecular flexibility index (Phi) is 3.24. The fourth-order valence-corrected chi connectivity index (χ4v) is 3.36. The number of rotatable bonds is 2. The molecule has 0 radical (unpaired) electrons. The number of hydrogen-bond acceptors (Lipinski definition) is 2. The Morgan fingerprint density at radius 3 is 2.71 bits per heavy atom. The average molecular weight is 228 g/mol. The van der Waals surface area contributed by atoms with Gasteiger partial charge in [0.2, 0.25) is 0 Å². The van der Waals surface area contributed by atoms with Gasteiger partial charge in [0.25, 0.3) is 0 Å². The number of benzene rings is 1. The van der Waals surface area contributed by atoms with Crippen molar-refractivity contribution in [2.45, 2.75) is 35.8 Å². The molecule has 1 aromatic carbocycles. The van der Waals surface area contributed by atoms with Crippen LogP contribution in [0.4, 0.5) is 5.69 Å². The quantitative estimate of drug-likeness (QED) is 0.775. The summed E-state index contributed by atoms with van der Waals surface area (Å²) in [5.41, 5.74) is 6.65. The molecule has 1 aromatic rings. The van der Waals surface area contributed by atoms with Crippen LogP contribution in [0.2, 0.25) is 5.02 Å². The molecule has 1 saturated carbocycles. The van der Waals surface area contributed by atoms with Crippen molar-refractivity contribution in [2.75, 3.05) is 5.73 Å². The summed E-state index contributed by atoms with van der Waals surface area (Å²) in [7, 11) is 0. The van der Waals surface area contributed by atoms with Crippen molar-refractivity contribution < 1.29 is 0 Å². The Morgan fingerprint density at radius 2 is 2.00 bits per heavy atom. The van der Waals surface area contributed by atoms with Gasteiger partial charge >= 0.3 is 0 Å². The van der Waals surface area contributed by atoms with Gasteiger partial charge in [-0.1, -0.05) is 30.5 Å². The molecule has 2 rings (SSSR count). The second kappa shape index (κ2) is 4.45. The summed E-state index contributed by atoms with van der Waals surface area (Å²) in [5, 5.41) is 1.42. The fraction of sp³-hybridized carbons (Fsp3) is 0.455. The fourth-order valence-electron chi connectivity index (χ4n) is 1.81. The minimum absolute atomic E-state index is 0.674. The number of nitrogens with two attached hydrogens (primary N) is 1. The van der Waals surface area contributed by atoms with Gasteiger partial charge in [-0.15, -0.1) is 11.8 Å². The minimum Gasteiger partial charge on any atom is -0.397 e. The maximum absolute atomic E-state index is 5.96. The van der Waals surface area contributed by atoms with Crippen molar-refractivity contribution >= 4 is 29.1 Å². The van der Waals surface area contributed by atoms with Gasteiger partial charge in [0.1, 0.15) is 0 Å². The van der Waals surface area contributed by atoms with E-state index in [1.165, 1.54) is 25.7 Å². The largest absolute Gasteiger partial charge is 0.397 e. The van der Waals surface area contributed by atoms with Crippen molar-refractivity contribution in [1.82, 2.24) is 0 Å². The van der Waals surface area contributed by atoms with Crippen LogP contribution in [0.3, 0.4) is 0 Å². The van der Waals surface area contributed by atoms with Crippen molar-refractivity contribution in [1.29, 1.82) is 0 Å². The van der Waals surface area contributed by atoms with Gasteiger partial charge in [0.15, 0.2) is 0 Å². The zero-order chi connectivity index (χ0) is 9.97. The van der Waals surface area contributed by atoms with Crippen LogP contribution in [0.25, 0.3) is 0 Å². The first-order valence-corrected chi connectivity index (χ1v) is 6.24. The van der Waals surface area contributed by atoms with Crippen LogP contribution in [0.15, 0.2) is 23.1 Å². The SMILES string of the molecule is Nc1c(Cl)cccc1SC1CCCC1. The number of thioether (sulfide) groups is 1. The van der Waals surface area contributed by atoms with Gasteiger partial charge < -0.3 is 5.73 Å². The standard InChI is InChI=1S/C11H14ClNS/c12-9-6-3-7-10(11(9)13)14-8-4-1-2-5-8/h3,6-8H,1-2,4-5,13H2. The highest BCUT2D eigenvalue weighted by atomic mass is 35.5. The lowest BCUT2D eigenvalue weighted by molar-refractivity contribution is 0.886. The lowest BCUT2D eigenvalue weighted by Gasteiger charge is -2.11. The molecule has 0 spiro atoms. The van der Waals surface area contributed by atoms with E-state index in [1.807, 2.05) is 23.9 Å². The van der Waals surface area contributed by atoms with Gasteiger partial charge in [0, 0.05) is 10.1 Å². The Balaban J connectivity index is 2.11.